The average Bonchev–Trinajstić information content (AvgIpc) is 2.90. The lowest BCUT2D eigenvalue weighted by molar-refractivity contribution is 0.231. The van der Waals surface area contributed by atoms with Gasteiger partial charge in [0.25, 0.3) is 0 Å². The molecule has 1 rings (SSSR count). The third kappa shape index (κ3) is 10.4. The summed E-state index contributed by atoms with van der Waals surface area (Å²) >= 11 is 0. The van der Waals surface area contributed by atoms with Crippen molar-refractivity contribution in [2.75, 3.05) is 0 Å². The van der Waals surface area contributed by atoms with Crippen LogP contribution in [0, 0.1) is 29.1 Å². The number of hydrogen-bond acceptors (Lipinski definition) is 0. The van der Waals surface area contributed by atoms with Gasteiger partial charge in [-0.1, -0.05) is 95.9 Å². The van der Waals surface area contributed by atoms with Crippen LogP contribution in [0.15, 0.2) is 0 Å². The van der Waals surface area contributed by atoms with E-state index < -0.39 is 0 Å². The van der Waals surface area contributed by atoms with Crippen molar-refractivity contribution in [3.05, 3.63) is 0 Å². The van der Waals surface area contributed by atoms with Crippen molar-refractivity contribution in [2.24, 2.45) is 29.1 Å². The second-order valence-electron chi connectivity index (χ2n) is 6.99. The minimum atomic E-state index is 0.523. The summed E-state index contributed by atoms with van der Waals surface area (Å²) in [6.45, 7) is 26.4. The van der Waals surface area contributed by atoms with Crippen molar-refractivity contribution in [1.82, 2.24) is 0 Å². The van der Waals surface area contributed by atoms with Gasteiger partial charge in [0.2, 0.25) is 0 Å². The molecule has 0 aromatic rings. The molecule has 0 aromatic heterocycles. The molecule has 132 valence electrons. The number of hydrogen-bond donors (Lipinski definition) is 0. The molecular formula is C21H48. The summed E-state index contributed by atoms with van der Waals surface area (Å²) in [5.74, 6) is 3.85. The van der Waals surface area contributed by atoms with Crippen molar-refractivity contribution >= 4 is 0 Å². The molecule has 1 aliphatic carbocycles. The molecule has 1 fully saturated rings. The van der Waals surface area contributed by atoms with Crippen LogP contribution in [0.25, 0.3) is 0 Å². The quantitative estimate of drug-likeness (QED) is 0.492. The van der Waals surface area contributed by atoms with Crippen LogP contribution >= 0.6 is 0 Å². The second kappa shape index (κ2) is 14.9. The molecule has 21 heavy (non-hydrogen) atoms. The largest absolute Gasteiger partial charge is 0.0683 e. The van der Waals surface area contributed by atoms with Crippen LogP contribution in [0.1, 0.15) is 109 Å². The molecular weight excluding hydrogens is 252 g/mol. The molecule has 0 amide bonds. The molecule has 3 atom stereocenters. The third-order valence-electron chi connectivity index (χ3n) is 4.49. The van der Waals surface area contributed by atoms with Gasteiger partial charge >= 0.3 is 0 Å². The summed E-state index contributed by atoms with van der Waals surface area (Å²) in [6, 6.07) is 0. The van der Waals surface area contributed by atoms with Gasteiger partial charge in [-0.2, -0.15) is 0 Å². The van der Waals surface area contributed by atoms with Crippen LogP contribution in [-0.4, -0.2) is 0 Å². The van der Waals surface area contributed by atoms with Gasteiger partial charge in [-0.05, 0) is 41.9 Å². The highest BCUT2D eigenvalue weighted by molar-refractivity contribution is 4.89. The zero-order valence-corrected chi connectivity index (χ0v) is 17.6. The lowest BCUT2D eigenvalue weighted by atomic mass is 9.78. The monoisotopic (exact) mass is 300 g/mol. The molecule has 0 nitrogen and oxygen atoms in total. The smallest absolute Gasteiger partial charge is 0.0354 e. The fourth-order valence-electron chi connectivity index (χ4n) is 3.38. The van der Waals surface area contributed by atoms with Gasteiger partial charge in [-0.25, -0.2) is 0 Å². The fraction of sp³-hybridized carbons (Fsp3) is 1.00. The highest BCUT2D eigenvalue weighted by Crippen LogP contribution is 2.49. The maximum Gasteiger partial charge on any atom is -0.0354 e. The summed E-state index contributed by atoms with van der Waals surface area (Å²) in [7, 11) is 0. The predicted octanol–water partition coefficient (Wildman–Crippen LogP) is 8.21. The lowest BCUT2D eigenvalue weighted by Gasteiger charge is -2.27. The molecule has 0 heteroatoms. The topological polar surface area (TPSA) is 0 Å². The normalized spacial score (nSPS) is 24.1. The van der Waals surface area contributed by atoms with Gasteiger partial charge in [-0.15, -0.1) is 0 Å². The molecule has 0 aliphatic heterocycles. The number of rotatable bonds is 3. The zero-order chi connectivity index (χ0) is 17.6. The van der Waals surface area contributed by atoms with Crippen LogP contribution in [0.3, 0.4) is 0 Å². The first-order valence-corrected chi connectivity index (χ1v) is 9.86. The first-order valence-electron chi connectivity index (χ1n) is 9.86. The Labute approximate surface area is 138 Å². The van der Waals surface area contributed by atoms with Crippen LogP contribution in [0.4, 0.5) is 0 Å². The molecule has 0 spiro atoms. The van der Waals surface area contributed by atoms with Gasteiger partial charge in [0.15, 0.2) is 0 Å². The minimum Gasteiger partial charge on any atom is -0.0683 e. The molecule has 0 saturated heterocycles. The highest BCUT2D eigenvalue weighted by Gasteiger charge is 2.39. The van der Waals surface area contributed by atoms with E-state index in [4.69, 9.17) is 0 Å². The predicted molar refractivity (Wildman–Crippen MR) is 103 cm³/mol. The first kappa shape index (κ1) is 25.9. The van der Waals surface area contributed by atoms with Crippen LogP contribution in [0.2, 0.25) is 0 Å². The van der Waals surface area contributed by atoms with Gasteiger partial charge < -0.3 is 0 Å². The summed E-state index contributed by atoms with van der Waals surface area (Å²) in [5, 5.41) is 0. The van der Waals surface area contributed by atoms with E-state index in [0.29, 0.717) is 5.41 Å². The summed E-state index contributed by atoms with van der Waals surface area (Å²) < 4.78 is 0. The fourth-order valence-corrected chi connectivity index (χ4v) is 3.38. The molecule has 0 bridgehead atoms. The van der Waals surface area contributed by atoms with Crippen molar-refractivity contribution < 1.29 is 0 Å². The Morgan fingerprint density at radius 1 is 0.857 bits per heavy atom. The molecule has 0 aromatic carbocycles. The Morgan fingerprint density at radius 2 is 1.29 bits per heavy atom. The Bertz CT molecular complexity index is 185. The highest BCUT2D eigenvalue weighted by atomic mass is 14.4. The molecule has 1 saturated carbocycles. The Morgan fingerprint density at radius 3 is 1.57 bits per heavy atom. The standard InChI is InChI=1S/C15H30.3C2H6/c1-7-8-12-9-13(15(4,5)6)10-14(12)11(2)3;3*1-2/h11-14H,7-10H2,1-6H3;3*1-2H3. The summed E-state index contributed by atoms with van der Waals surface area (Å²) in [6.07, 6.45) is 5.78. The molecule has 1 aliphatic rings. The maximum atomic E-state index is 2.42. The van der Waals surface area contributed by atoms with Crippen molar-refractivity contribution in [3.63, 3.8) is 0 Å². The minimum absolute atomic E-state index is 0.523. The van der Waals surface area contributed by atoms with E-state index in [0.717, 1.165) is 23.7 Å². The Balaban J connectivity index is -0.000000478. The Kier molecular flexibility index (Phi) is 18.4. The average molecular weight is 301 g/mol. The van der Waals surface area contributed by atoms with E-state index in [1.165, 1.54) is 25.7 Å². The van der Waals surface area contributed by atoms with Gasteiger partial charge in [0.05, 0.1) is 0 Å². The van der Waals surface area contributed by atoms with E-state index in [1.807, 2.05) is 41.5 Å². The van der Waals surface area contributed by atoms with Crippen LogP contribution in [-0.2, 0) is 0 Å². The van der Waals surface area contributed by atoms with Gasteiger partial charge in [0.1, 0.15) is 0 Å². The molecule has 0 N–H and O–H groups in total. The van der Waals surface area contributed by atoms with E-state index in [1.54, 1.807) is 0 Å². The van der Waals surface area contributed by atoms with Crippen LogP contribution < -0.4 is 0 Å². The summed E-state index contributed by atoms with van der Waals surface area (Å²) in [4.78, 5) is 0. The zero-order valence-electron chi connectivity index (χ0n) is 17.6. The summed E-state index contributed by atoms with van der Waals surface area (Å²) in [5.41, 5.74) is 0.523. The molecule has 0 heterocycles. The van der Waals surface area contributed by atoms with Crippen molar-refractivity contribution in [2.45, 2.75) is 109 Å². The first-order chi connectivity index (χ1) is 9.86. The van der Waals surface area contributed by atoms with E-state index in [9.17, 15) is 0 Å². The Hall–Kier alpha value is 0. The van der Waals surface area contributed by atoms with Crippen molar-refractivity contribution in [3.8, 4) is 0 Å². The molecule has 0 radical (unpaired) electrons. The second-order valence-corrected chi connectivity index (χ2v) is 6.99. The van der Waals surface area contributed by atoms with E-state index in [2.05, 4.69) is 41.5 Å². The van der Waals surface area contributed by atoms with Crippen LogP contribution in [0.5, 0.6) is 0 Å². The lowest BCUT2D eigenvalue weighted by Crippen LogP contribution is -2.18. The van der Waals surface area contributed by atoms with Crippen molar-refractivity contribution in [1.29, 1.82) is 0 Å². The SMILES string of the molecule is CC.CC.CC.CCCC1CC(C(C)(C)C)CC1C(C)C. The maximum absolute atomic E-state index is 2.42. The van der Waals surface area contributed by atoms with Gasteiger partial charge in [0, 0.05) is 0 Å². The molecule has 3 unspecified atom stereocenters. The van der Waals surface area contributed by atoms with E-state index >= 15 is 0 Å². The van der Waals surface area contributed by atoms with E-state index in [-0.39, 0.29) is 0 Å². The third-order valence-corrected chi connectivity index (χ3v) is 4.49. The van der Waals surface area contributed by atoms with Gasteiger partial charge in [-0.3, -0.25) is 0 Å².